The van der Waals surface area contributed by atoms with E-state index in [1.807, 2.05) is 6.92 Å². The number of allylic oxidation sites excluding steroid dienone is 1. The van der Waals surface area contributed by atoms with E-state index in [2.05, 4.69) is 20.7 Å². The van der Waals surface area contributed by atoms with Gasteiger partial charge in [0.15, 0.2) is 5.83 Å². The third-order valence-corrected chi connectivity index (χ3v) is 1.76. The molecule has 0 radical (unpaired) electrons. The standard InChI is InChI=1S/C8H11BrF2O2/c1-2-3-4-13-8(12)7(11)6(10)5-9/h2-5H2,1H3/b7-6-. The lowest BCUT2D eigenvalue weighted by Crippen LogP contribution is -2.07. The molecule has 0 rings (SSSR count). The van der Waals surface area contributed by atoms with Crippen LogP contribution in [0.15, 0.2) is 11.7 Å². The molecule has 5 heteroatoms. The largest absolute Gasteiger partial charge is 0.460 e. The maximum atomic E-state index is 12.6. The number of rotatable bonds is 5. The summed E-state index contributed by atoms with van der Waals surface area (Å²) in [7, 11) is 0. The number of carbonyl (C=O) groups excluding carboxylic acids is 1. The van der Waals surface area contributed by atoms with Crippen molar-refractivity contribution in [2.45, 2.75) is 19.8 Å². The number of unbranched alkanes of at least 4 members (excludes halogenated alkanes) is 1. The second-order valence-electron chi connectivity index (χ2n) is 2.34. The van der Waals surface area contributed by atoms with Crippen LogP contribution in [0, 0.1) is 0 Å². The van der Waals surface area contributed by atoms with Gasteiger partial charge < -0.3 is 4.74 Å². The Kier molecular flexibility index (Phi) is 6.76. The molecule has 0 spiro atoms. The van der Waals surface area contributed by atoms with Crippen molar-refractivity contribution in [3.63, 3.8) is 0 Å². The molecule has 0 saturated heterocycles. The normalized spacial score (nSPS) is 12.3. The quantitative estimate of drug-likeness (QED) is 0.327. The SMILES string of the molecule is CCCCOC(=O)/C(F)=C(/F)CBr. The van der Waals surface area contributed by atoms with Gasteiger partial charge in [-0.25, -0.2) is 9.18 Å². The van der Waals surface area contributed by atoms with Crippen LogP contribution in [0.25, 0.3) is 0 Å². The molecule has 0 aliphatic rings. The van der Waals surface area contributed by atoms with Gasteiger partial charge in [0, 0.05) is 0 Å². The fourth-order valence-electron chi connectivity index (χ4n) is 0.542. The highest BCUT2D eigenvalue weighted by Gasteiger charge is 2.15. The lowest BCUT2D eigenvalue weighted by molar-refractivity contribution is -0.141. The van der Waals surface area contributed by atoms with E-state index in [-0.39, 0.29) is 11.9 Å². The van der Waals surface area contributed by atoms with E-state index in [0.717, 1.165) is 6.42 Å². The summed E-state index contributed by atoms with van der Waals surface area (Å²) < 4.78 is 29.5. The zero-order valence-electron chi connectivity index (χ0n) is 7.28. The second kappa shape index (κ2) is 7.00. The van der Waals surface area contributed by atoms with Crippen LogP contribution in [0.3, 0.4) is 0 Å². The molecule has 0 bridgehead atoms. The summed E-state index contributed by atoms with van der Waals surface area (Å²) in [5, 5.41) is -0.318. The summed E-state index contributed by atoms with van der Waals surface area (Å²) in [4.78, 5) is 10.7. The van der Waals surface area contributed by atoms with E-state index >= 15 is 0 Å². The van der Waals surface area contributed by atoms with Crippen LogP contribution in [-0.4, -0.2) is 17.9 Å². The van der Waals surface area contributed by atoms with Crippen LogP contribution in [0.1, 0.15) is 19.8 Å². The molecule has 0 unspecified atom stereocenters. The second-order valence-corrected chi connectivity index (χ2v) is 2.90. The Labute approximate surface area is 84.1 Å². The van der Waals surface area contributed by atoms with Crippen molar-refractivity contribution in [3.8, 4) is 0 Å². The van der Waals surface area contributed by atoms with Gasteiger partial charge in [0.1, 0.15) is 0 Å². The first kappa shape index (κ1) is 12.6. The summed E-state index contributed by atoms with van der Waals surface area (Å²) >= 11 is 2.68. The highest BCUT2D eigenvalue weighted by molar-refractivity contribution is 9.09. The molecule has 0 aromatic heterocycles. The number of ether oxygens (including phenoxy) is 1. The predicted molar refractivity (Wildman–Crippen MR) is 48.9 cm³/mol. The Hall–Kier alpha value is -0.450. The van der Waals surface area contributed by atoms with Gasteiger partial charge in [-0.05, 0) is 6.42 Å². The van der Waals surface area contributed by atoms with Crippen LogP contribution in [-0.2, 0) is 9.53 Å². The first-order valence-electron chi connectivity index (χ1n) is 3.90. The van der Waals surface area contributed by atoms with E-state index in [1.165, 1.54) is 0 Å². The van der Waals surface area contributed by atoms with Crippen molar-refractivity contribution < 1.29 is 18.3 Å². The molecule has 0 aliphatic carbocycles. The van der Waals surface area contributed by atoms with Gasteiger partial charge >= 0.3 is 5.97 Å². The summed E-state index contributed by atoms with van der Waals surface area (Å²) in [6, 6.07) is 0. The minimum atomic E-state index is -1.45. The molecule has 2 nitrogen and oxygen atoms in total. The van der Waals surface area contributed by atoms with Gasteiger partial charge in [0.25, 0.3) is 0 Å². The first-order chi connectivity index (χ1) is 6.13. The zero-order chi connectivity index (χ0) is 10.3. The van der Waals surface area contributed by atoms with E-state index in [9.17, 15) is 13.6 Å². The van der Waals surface area contributed by atoms with Crippen molar-refractivity contribution >= 4 is 21.9 Å². The Morgan fingerprint density at radius 1 is 1.46 bits per heavy atom. The lowest BCUT2D eigenvalue weighted by atomic mass is 10.4. The smallest absolute Gasteiger partial charge is 0.369 e. The molecule has 13 heavy (non-hydrogen) atoms. The molecule has 0 N–H and O–H groups in total. The zero-order valence-corrected chi connectivity index (χ0v) is 8.86. The molecule has 0 fully saturated rings. The van der Waals surface area contributed by atoms with Crippen LogP contribution < -0.4 is 0 Å². The Bertz CT molecular complexity index is 204. The van der Waals surface area contributed by atoms with E-state index in [1.54, 1.807) is 0 Å². The third-order valence-electron chi connectivity index (χ3n) is 1.27. The predicted octanol–water partition coefficient (Wildman–Crippen LogP) is 2.88. The van der Waals surface area contributed by atoms with Crippen LogP contribution in [0.5, 0.6) is 0 Å². The molecule has 0 heterocycles. The summed E-state index contributed by atoms with van der Waals surface area (Å²) in [5.41, 5.74) is 0. The molecule has 0 aliphatic heterocycles. The minimum Gasteiger partial charge on any atom is -0.460 e. The van der Waals surface area contributed by atoms with Crippen LogP contribution in [0.4, 0.5) is 8.78 Å². The Morgan fingerprint density at radius 3 is 2.54 bits per heavy atom. The molecule has 0 aromatic carbocycles. The highest BCUT2D eigenvalue weighted by Crippen LogP contribution is 2.12. The van der Waals surface area contributed by atoms with E-state index in [0.29, 0.717) is 6.42 Å². The monoisotopic (exact) mass is 256 g/mol. The van der Waals surface area contributed by atoms with E-state index < -0.39 is 17.6 Å². The number of hydrogen-bond acceptors (Lipinski definition) is 2. The van der Waals surface area contributed by atoms with Gasteiger partial charge in [0.2, 0.25) is 5.83 Å². The van der Waals surface area contributed by atoms with Gasteiger partial charge in [-0.3, -0.25) is 0 Å². The van der Waals surface area contributed by atoms with E-state index in [4.69, 9.17) is 0 Å². The summed E-state index contributed by atoms with van der Waals surface area (Å²) in [5.74, 6) is -3.82. The van der Waals surface area contributed by atoms with Crippen LogP contribution >= 0.6 is 15.9 Å². The highest BCUT2D eigenvalue weighted by atomic mass is 79.9. The Balaban J connectivity index is 3.97. The number of alkyl halides is 1. The van der Waals surface area contributed by atoms with Gasteiger partial charge in [0.05, 0.1) is 11.9 Å². The lowest BCUT2D eigenvalue weighted by Gasteiger charge is -2.01. The average molecular weight is 257 g/mol. The number of hydrogen-bond donors (Lipinski definition) is 0. The van der Waals surface area contributed by atoms with Crippen LogP contribution in [0.2, 0.25) is 0 Å². The number of halogens is 3. The summed E-state index contributed by atoms with van der Waals surface area (Å²) in [6.45, 7) is 2.03. The fourth-order valence-corrected chi connectivity index (χ4v) is 0.788. The Morgan fingerprint density at radius 2 is 2.08 bits per heavy atom. The molecular weight excluding hydrogens is 246 g/mol. The molecular formula is C8H11BrF2O2. The van der Waals surface area contributed by atoms with Gasteiger partial charge in [-0.15, -0.1) is 0 Å². The maximum absolute atomic E-state index is 12.6. The van der Waals surface area contributed by atoms with Gasteiger partial charge in [-0.2, -0.15) is 4.39 Å². The maximum Gasteiger partial charge on any atom is 0.369 e. The topological polar surface area (TPSA) is 26.3 Å². The summed E-state index contributed by atoms with van der Waals surface area (Å²) in [6.07, 6.45) is 1.48. The molecule has 0 atom stereocenters. The molecule has 0 saturated carbocycles. The first-order valence-corrected chi connectivity index (χ1v) is 5.02. The van der Waals surface area contributed by atoms with Crippen molar-refractivity contribution in [1.82, 2.24) is 0 Å². The average Bonchev–Trinajstić information content (AvgIpc) is 2.15. The fraction of sp³-hybridized carbons (Fsp3) is 0.625. The molecule has 76 valence electrons. The number of carbonyl (C=O) groups is 1. The van der Waals surface area contributed by atoms with Crippen molar-refractivity contribution in [3.05, 3.63) is 11.7 Å². The van der Waals surface area contributed by atoms with Gasteiger partial charge in [-0.1, -0.05) is 29.3 Å². The third kappa shape index (κ3) is 4.98. The van der Waals surface area contributed by atoms with Crippen molar-refractivity contribution in [1.29, 1.82) is 0 Å². The van der Waals surface area contributed by atoms with Crippen molar-refractivity contribution in [2.75, 3.05) is 11.9 Å². The number of esters is 1. The minimum absolute atomic E-state index is 0.123. The van der Waals surface area contributed by atoms with Crippen molar-refractivity contribution in [2.24, 2.45) is 0 Å². The molecule has 0 aromatic rings. The molecule has 0 amide bonds.